The summed E-state index contributed by atoms with van der Waals surface area (Å²) >= 11 is 1.81. The average molecular weight is 290 g/mol. The third kappa shape index (κ3) is 1.98. The lowest BCUT2D eigenvalue weighted by molar-refractivity contribution is 1.10. The third-order valence-electron chi connectivity index (χ3n) is 3.67. The molecule has 21 heavy (non-hydrogen) atoms. The van der Waals surface area contributed by atoms with Gasteiger partial charge >= 0.3 is 0 Å². The van der Waals surface area contributed by atoms with Gasteiger partial charge in [0.05, 0.1) is 11.4 Å². The summed E-state index contributed by atoms with van der Waals surface area (Å²) in [5.74, 6) is 6.37. The second-order valence-corrected chi connectivity index (χ2v) is 6.04. The summed E-state index contributed by atoms with van der Waals surface area (Å²) in [5, 5.41) is 4.26. The van der Waals surface area contributed by atoms with Crippen LogP contribution in [0.5, 0.6) is 0 Å². The molecule has 3 heteroatoms. The van der Waals surface area contributed by atoms with E-state index in [2.05, 4.69) is 42.5 Å². The van der Waals surface area contributed by atoms with Gasteiger partial charge in [-0.25, -0.2) is 5.84 Å². The number of benzene rings is 3. The molecule has 1 heterocycles. The fourth-order valence-corrected chi connectivity index (χ4v) is 3.81. The number of para-hydroxylation sites is 1. The van der Waals surface area contributed by atoms with Gasteiger partial charge in [0.1, 0.15) is 0 Å². The Morgan fingerprint density at radius 1 is 0.714 bits per heavy atom. The molecule has 0 bridgehead atoms. The van der Waals surface area contributed by atoms with Crippen LogP contribution >= 0.6 is 11.3 Å². The lowest BCUT2D eigenvalue weighted by Gasteiger charge is -2.20. The molecule has 2 nitrogen and oxygen atoms in total. The molecule has 1 aromatic heterocycles. The molecule has 2 N–H and O–H groups in total. The Hall–Kier alpha value is -2.36. The zero-order chi connectivity index (χ0) is 14.2. The van der Waals surface area contributed by atoms with Crippen LogP contribution < -0.4 is 10.9 Å². The number of nitrogens with two attached hydrogens (primary N) is 1. The third-order valence-corrected chi connectivity index (χ3v) is 4.81. The van der Waals surface area contributed by atoms with E-state index < -0.39 is 0 Å². The predicted molar refractivity (Wildman–Crippen MR) is 92.1 cm³/mol. The van der Waals surface area contributed by atoms with E-state index in [0.717, 1.165) is 11.4 Å². The molecule has 0 spiro atoms. The molecule has 3 aromatic carbocycles. The zero-order valence-corrected chi connectivity index (χ0v) is 12.2. The molecular formula is C18H14N2S. The molecule has 0 aliphatic carbocycles. The summed E-state index contributed by atoms with van der Waals surface area (Å²) in [6.45, 7) is 0. The van der Waals surface area contributed by atoms with E-state index in [0.29, 0.717) is 0 Å². The van der Waals surface area contributed by atoms with Gasteiger partial charge in [-0.05, 0) is 30.3 Å². The SMILES string of the molecule is NN(c1ccccc1)c1cccc2sc3ccccc3c12. The molecule has 0 saturated heterocycles. The first-order valence-corrected chi connectivity index (χ1v) is 7.66. The maximum Gasteiger partial charge on any atom is 0.0668 e. The number of anilines is 2. The van der Waals surface area contributed by atoms with E-state index in [1.165, 1.54) is 20.2 Å². The predicted octanol–water partition coefficient (Wildman–Crippen LogP) is 5.07. The Balaban J connectivity index is 2.00. The van der Waals surface area contributed by atoms with Crippen LogP contribution in [-0.4, -0.2) is 0 Å². The number of hydrogen-bond acceptors (Lipinski definition) is 3. The van der Waals surface area contributed by atoms with E-state index in [1.807, 2.05) is 30.3 Å². The van der Waals surface area contributed by atoms with Crippen molar-refractivity contribution in [3.63, 3.8) is 0 Å². The van der Waals surface area contributed by atoms with E-state index in [9.17, 15) is 0 Å². The first-order chi connectivity index (χ1) is 10.3. The van der Waals surface area contributed by atoms with Crippen LogP contribution in [0.4, 0.5) is 11.4 Å². The zero-order valence-electron chi connectivity index (χ0n) is 11.4. The highest BCUT2D eigenvalue weighted by molar-refractivity contribution is 7.25. The van der Waals surface area contributed by atoms with Crippen molar-refractivity contribution in [2.45, 2.75) is 0 Å². The minimum Gasteiger partial charge on any atom is -0.279 e. The van der Waals surface area contributed by atoms with Crippen LogP contribution in [0.2, 0.25) is 0 Å². The number of hydrogen-bond donors (Lipinski definition) is 1. The molecule has 4 rings (SSSR count). The van der Waals surface area contributed by atoms with Gasteiger partial charge in [0.25, 0.3) is 0 Å². The number of fused-ring (bicyclic) bond motifs is 3. The van der Waals surface area contributed by atoms with Crippen LogP contribution in [0, 0.1) is 0 Å². The van der Waals surface area contributed by atoms with E-state index in [1.54, 1.807) is 16.3 Å². The lowest BCUT2D eigenvalue weighted by atomic mass is 10.1. The number of rotatable bonds is 2. The fourth-order valence-electron chi connectivity index (χ4n) is 2.68. The number of thiophene rings is 1. The second kappa shape index (κ2) is 4.88. The van der Waals surface area contributed by atoms with Crippen LogP contribution in [0.1, 0.15) is 0 Å². The van der Waals surface area contributed by atoms with Gasteiger partial charge in [0.2, 0.25) is 0 Å². The van der Waals surface area contributed by atoms with Crippen molar-refractivity contribution in [1.29, 1.82) is 0 Å². The van der Waals surface area contributed by atoms with E-state index in [-0.39, 0.29) is 0 Å². The Morgan fingerprint density at radius 3 is 2.29 bits per heavy atom. The average Bonchev–Trinajstić information content (AvgIpc) is 2.93. The van der Waals surface area contributed by atoms with Crippen molar-refractivity contribution in [2.24, 2.45) is 5.84 Å². The van der Waals surface area contributed by atoms with Crippen LogP contribution in [0.3, 0.4) is 0 Å². The lowest BCUT2D eigenvalue weighted by Crippen LogP contribution is -2.24. The smallest absolute Gasteiger partial charge is 0.0668 e. The Morgan fingerprint density at radius 2 is 1.43 bits per heavy atom. The van der Waals surface area contributed by atoms with Crippen molar-refractivity contribution < 1.29 is 0 Å². The van der Waals surface area contributed by atoms with E-state index in [4.69, 9.17) is 5.84 Å². The molecule has 0 atom stereocenters. The summed E-state index contributed by atoms with van der Waals surface area (Å²) in [6.07, 6.45) is 0. The van der Waals surface area contributed by atoms with Gasteiger partial charge < -0.3 is 0 Å². The van der Waals surface area contributed by atoms with Gasteiger partial charge in [0, 0.05) is 20.2 Å². The monoisotopic (exact) mass is 290 g/mol. The highest BCUT2D eigenvalue weighted by atomic mass is 32.1. The highest BCUT2D eigenvalue weighted by Crippen LogP contribution is 2.40. The van der Waals surface area contributed by atoms with Crippen molar-refractivity contribution >= 4 is 42.9 Å². The minimum absolute atomic E-state index is 0.986. The van der Waals surface area contributed by atoms with Crippen molar-refractivity contribution in [3.8, 4) is 0 Å². The maximum absolute atomic E-state index is 6.37. The fraction of sp³-hybridized carbons (Fsp3) is 0. The first-order valence-electron chi connectivity index (χ1n) is 6.85. The Bertz CT molecular complexity index is 912. The molecule has 0 unspecified atom stereocenters. The summed E-state index contributed by atoms with van der Waals surface area (Å²) in [6, 6.07) is 24.8. The summed E-state index contributed by atoms with van der Waals surface area (Å²) in [7, 11) is 0. The molecule has 4 aromatic rings. The van der Waals surface area contributed by atoms with Crippen LogP contribution in [-0.2, 0) is 0 Å². The highest BCUT2D eigenvalue weighted by Gasteiger charge is 2.13. The van der Waals surface area contributed by atoms with Crippen molar-refractivity contribution in [3.05, 3.63) is 72.8 Å². The Kier molecular flexibility index (Phi) is 2.88. The number of nitrogens with zero attached hydrogens (tertiary/aromatic N) is 1. The molecule has 0 amide bonds. The topological polar surface area (TPSA) is 29.3 Å². The summed E-state index contributed by atoms with van der Waals surface area (Å²) < 4.78 is 2.56. The van der Waals surface area contributed by atoms with Gasteiger partial charge in [-0.1, -0.05) is 42.5 Å². The van der Waals surface area contributed by atoms with E-state index >= 15 is 0 Å². The molecule has 0 aliphatic rings. The first kappa shape index (κ1) is 12.4. The molecular weight excluding hydrogens is 276 g/mol. The maximum atomic E-state index is 6.37. The largest absolute Gasteiger partial charge is 0.279 e. The van der Waals surface area contributed by atoms with Crippen molar-refractivity contribution in [2.75, 3.05) is 5.01 Å². The van der Waals surface area contributed by atoms with Gasteiger partial charge in [-0.2, -0.15) is 0 Å². The van der Waals surface area contributed by atoms with Crippen molar-refractivity contribution in [1.82, 2.24) is 0 Å². The Labute approximate surface area is 127 Å². The molecule has 0 aliphatic heterocycles. The quantitative estimate of drug-likeness (QED) is 0.412. The normalized spacial score (nSPS) is 11.1. The van der Waals surface area contributed by atoms with Crippen LogP contribution in [0.15, 0.2) is 72.8 Å². The molecule has 0 saturated carbocycles. The molecule has 102 valence electrons. The summed E-state index contributed by atoms with van der Waals surface area (Å²) in [5.41, 5.74) is 2.02. The van der Waals surface area contributed by atoms with Gasteiger partial charge in [-0.15, -0.1) is 11.3 Å². The van der Waals surface area contributed by atoms with Gasteiger partial charge in [-0.3, -0.25) is 5.01 Å². The van der Waals surface area contributed by atoms with Crippen LogP contribution in [0.25, 0.3) is 20.2 Å². The standard InChI is InChI=1S/C18H14N2S/c19-20(13-7-2-1-3-8-13)15-10-6-12-17-18(15)14-9-4-5-11-16(14)21-17/h1-12H,19H2. The number of hydrazine groups is 1. The minimum atomic E-state index is 0.986. The second-order valence-electron chi connectivity index (χ2n) is 4.95. The van der Waals surface area contributed by atoms with Gasteiger partial charge in [0.15, 0.2) is 0 Å². The molecule has 0 radical (unpaired) electrons. The summed E-state index contributed by atoms with van der Waals surface area (Å²) in [4.78, 5) is 0. The molecule has 0 fully saturated rings.